The van der Waals surface area contributed by atoms with E-state index in [1.165, 1.54) is 23.3 Å². The summed E-state index contributed by atoms with van der Waals surface area (Å²) in [5, 5.41) is 24.1. The quantitative estimate of drug-likeness (QED) is 0.213. The zero-order chi connectivity index (χ0) is 22.5. The molecular formula is C24H23N5O2S. The van der Waals surface area contributed by atoms with Gasteiger partial charge in [-0.3, -0.25) is 14.7 Å². The first-order valence-corrected chi connectivity index (χ1v) is 11.2. The zero-order valence-corrected chi connectivity index (χ0v) is 18.7. The molecule has 1 N–H and O–H groups in total. The van der Waals surface area contributed by atoms with Gasteiger partial charge < -0.3 is 5.32 Å². The molecule has 162 valence electrons. The summed E-state index contributed by atoms with van der Waals surface area (Å²) < 4.78 is 2.05. The summed E-state index contributed by atoms with van der Waals surface area (Å²) in [6, 6.07) is 22.8. The van der Waals surface area contributed by atoms with Crippen LogP contribution in [0.5, 0.6) is 0 Å². The second kappa shape index (κ2) is 9.65. The monoisotopic (exact) mass is 445 g/mol. The standard InChI is InChI=1S/C24H23N5O2S/c1-17-7-6-8-18(2)23(17)25-15-22-26-27-24(28(22)20-9-4-3-5-10-20)32-16-19-11-13-21(14-12-19)29(30)31/h3-14,25H,15-16H2,1-2H3. The van der Waals surface area contributed by atoms with Crippen molar-refractivity contribution in [3.8, 4) is 5.69 Å². The van der Waals surface area contributed by atoms with Crippen LogP contribution in [-0.4, -0.2) is 19.7 Å². The average Bonchev–Trinajstić information content (AvgIpc) is 3.21. The summed E-state index contributed by atoms with van der Waals surface area (Å²) in [6.07, 6.45) is 0. The Bertz CT molecular complexity index is 1200. The van der Waals surface area contributed by atoms with E-state index in [0.717, 1.165) is 27.9 Å². The van der Waals surface area contributed by atoms with Gasteiger partial charge in [-0.1, -0.05) is 60.3 Å². The number of thioether (sulfide) groups is 1. The minimum Gasteiger partial charge on any atom is -0.377 e. The van der Waals surface area contributed by atoms with Crippen molar-refractivity contribution in [2.24, 2.45) is 0 Å². The lowest BCUT2D eigenvalue weighted by Crippen LogP contribution is -2.09. The van der Waals surface area contributed by atoms with Crippen molar-refractivity contribution >= 4 is 23.1 Å². The van der Waals surface area contributed by atoms with Gasteiger partial charge in [-0.2, -0.15) is 0 Å². The molecule has 0 aliphatic heterocycles. The average molecular weight is 446 g/mol. The smallest absolute Gasteiger partial charge is 0.269 e. The molecule has 0 aliphatic rings. The van der Waals surface area contributed by atoms with Crippen LogP contribution in [0.2, 0.25) is 0 Å². The molecule has 0 amide bonds. The number of aryl methyl sites for hydroxylation is 2. The van der Waals surface area contributed by atoms with Gasteiger partial charge in [-0.15, -0.1) is 10.2 Å². The van der Waals surface area contributed by atoms with Crippen LogP contribution in [0, 0.1) is 24.0 Å². The Morgan fingerprint density at radius 1 is 0.938 bits per heavy atom. The molecule has 3 aromatic carbocycles. The third-order valence-corrected chi connectivity index (χ3v) is 6.13. The number of nitrogens with zero attached hydrogens (tertiary/aromatic N) is 4. The number of nitro benzene ring substituents is 1. The third kappa shape index (κ3) is 4.81. The van der Waals surface area contributed by atoms with Crippen molar-refractivity contribution in [1.29, 1.82) is 0 Å². The molecule has 0 spiro atoms. The van der Waals surface area contributed by atoms with Crippen LogP contribution >= 0.6 is 11.8 Å². The highest BCUT2D eigenvalue weighted by molar-refractivity contribution is 7.98. The number of anilines is 1. The number of rotatable bonds is 8. The second-order valence-corrected chi connectivity index (χ2v) is 8.34. The van der Waals surface area contributed by atoms with E-state index in [-0.39, 0.29) is 5.69 Å². The summed E-state index contributed by atoms with van der Waals surface area (Å²) in [4.78, 5) is 10.5. The van der Waals surface area contributed by atoms with Crippen molar-refractivity contribution in [3.05, 3.63) is 105 Å². The molecule has 0 bridgehead atoms. The van der Waals surface area contributed by atoms with E-state index in [4.69, 9.17) is 0 Å². The predicted molar refractivity (Wildman–Crippen MR) is 127 cm³/mol. The van der Waals surface area contributed by atoms with Gasteiger partial charge in [-0.05, 0) is 42.7 Å². The molecule has 1 aromatic heterocycles. The molecule has 4 aromatic rings. The first-order valence-electron chi connectivity index (χ1n) is 10.2. The number of hydrogen-bond acceptors (Lipinski definition) is 6. The van der Waals surface area contributed by atoms with Gasteiger partial charge in [0.15, 0.2) is 11.0 Å². The Kier molecular flexibility index (Phi) is 6.51. The molecule has 0 radical (unpaired) electrons. The van der Waals surface area contributed by atoms with E-state index in [1.54, 1.807) is 23.9 Å². The minimum atomic E-state index is -0.390. The van der Waals surface area contributed by atoms with Gasteiger partial charge in [0.05, 0.1) is 11.5 Å². The first kappa shape index (κ1) is 21.6. The first-order chi connectivity index (χ1) is 15.5. The van der Waals surface area contributed by atoms with Gasteiger partial charge in [-0.25, -0.2) is 0 Å². The molecule has 1 heterocycles. The van der Waals surface area contributed by atoms with E-state index in [0.29, 0.717) is 12.3 Å². The van der Waals surface area contributed by atoms with E-state index < -0.39 is 4.92 Å². The molecule has 4 rings (SSSR count). The maximum Gasteiger partial charge on any atom is 0.269 e. The molecule has 0 saturated heterocycles. The molecule has 7 nitrogen and oxygen atoms in total. The van der Waals surface area contributed by atoms with Crippen LogP contribution in [0.3, 0.4) is 0 Å². The fraction of sp³-hybridized carbons (Fsp3) is 0.167. The minimum absolute atomic E-state index is 0.0889. The summed E-state index contributed by atoms with van der Waals surface area (Å²) in [7, 11) is 0. The molecule has 8 heteroatoms. The van der Waals surface area contributed by atoms with E-state index >= 15 is 0 Å². The van der Waals surface area contributed by atoms with E-state index in [9.17, 15) is 10.1 Å². The Balaban J connectivity index is 1.57. The van der Waals surface area contributed by atoms with Crippen LogP contribution in [-0.2, 0) is 12.3 Å². The van der Waals surface area contributed by atoms with E-state index in [1.807, 2.05) is 30.3 Å². The maximum absolute atomic E-state index is 10.9. The lowest BCUT2D eigenvalue weighted by molar-refractivity contribution is -0.384. The fourth-order valence-electron chi connectivity index (χ4n) is 3.47. The number of para-hydroxylation sites is 2. The SMILES string of the molecule is Cc1cccc(C)c1NCc1nnc(SCc2ccc([N+](=O)[O-])cc2)n1-c1ccccc1. The highest BCUT2D eigenvalue weighted by Crippen LogP contribution is 2.27. The van der Waals surface area contributed by atoms with Crippen molar-refractivity contribution in [1.82, 2.24) is 14.8 Å². The van der Waals surface area contributed by atoms with Crippen LogP contribution in [0.25, 0.3) is 5.69 Å². The molecule has 0 saturated carbocycles. The fourth-order valence-corrected chi connectivity index (χ4v) is 4.39. The Morgan fingerprint density at radius 2 is 1.62 bits per heavy atom. The zero-order valence-electron chi connectivity index (χ0n) is 17.9. The summed E-state index contributed by atoms with van der Waals surface area (Å²) in [5.41, 5.74) is 5.54. The largest absolute Gasteiger partial charge is 0.377 e. The summed E-state index contributed by atoms with van der Waals surface area (Å²) in [5.74, 6) is 1.44. The van der Waals surface area contributed by atoms with Crippen molar-refractivity contribution < 1.29 is 4.92 Å². The van der Waals surface area contributed by atoms with Crippen LogP contribution in [0.4, 0.5) is 11.4 Å². The highest BCUT2D eigenvalue weighted by atomic mass is 32.2. The van der Waals surface area contributed by atoms with Gasteiger partial charge >= 0.3 is 0 Å². The molecule has 0 fully saturated rings. The molecule has 0 unspecified atom stereocenters. The molecule has 0 aliphatic carbocycles. The highest BCUT2D eigenvalue weighted by Gasteiger charge is 2.15. The number of benzene rings is 3. The number of hydrogen-bond donors (Lipinski definition) is 1. The van der Waals surface area contributed by atoms with E-state index in [2.05, 4.69) is 52.1 Å². The van der Waals surface area contributed by atoms with Crippen LogP contribution < -0.4 is 5.32 Å². The van der Waals surface area contributed by atoms with Crippen LogP contribution in [0.1, 0.15) is 22.5 Å². The van der Waals surface area contributed by atoms with Gasteiger partial charge in [0.25, 0.3) is 5.69 Å². The predicted octanol–water partition coefficient (Wildman–Crippen LogP) is 5.70. The number of aromatic nitrogens is 3. The van der Waals surface area contributed by atoms with Gasteiger partial charge in [0.2, 0.25) is 0 Å². The lowest BCUT2D eigenvalue weighted by atomic mass is 10.1. The summed E-state index contributed by atoms with van der Waals surface area (Å²) in [6.45, 7) is 4.71. The maximum atomic E-state index is 10.9. The van der Waals surface area contributed by atoms with Crippen molar-refractivity contribution in [2.45, 2.75) is 31.3 Å². The van der Waals surface area contributed by atoms with Crippen LogP contribution in [0.15, 0.2) is 78.0 Å². The molecule has 32 heavy (non-hydrogen) atoms. The topological polar surface area (TPSA) is 85.9 Å². The lowest BCUT2D eigenvalue weighted by Gasteiger charge is -2.14. The van der Waals surface area contributed by atoms with Gasteiger partial charge in [0, 0.05) is 29.3 Å². The third-order valence-electron chi connectivity index (χ3n) is 5.13. The summed E-state index contributed by atoms with van der Waals surface area (Å²) >= 11 is 1.55. The Morgan fingerprint density at radius 3 is 2.28 bits per heavy atom. The number of non-ortho nitro benzene ring substituents is 1. The molecule has 0 atom stereocenters. The van der Waals surface area contributed by atoms with Crippen molar-refractivity contribution in [3.63, 3.8) is 0 Å². The normalized spacial score (nSPS) is 10.8. The van der Waals surface area contributed by atoms with Crippen molar-refractivity contribution in [2.75, 3.05) is 5.32 Å². The Labute approximate surface area is 190 Å². The van der Waals surface area contributed by atoms with Gasteiger partial charge in [0.1, 0.15) is 0 Å². The molecular weight excluding hydrogens is 422 g/mol. The Hall–Kier alpha value is -3.65. The second-order valence-electron chi connectivity index (χ2n) is 7.40. The number of nitrogens with one attached hydrogen (secondary N) is 1. The number of nitro groups is 1.